The van der Waals surface area contributed by atoms with Gasteiger partial charge in [0, 0.05) is 12.4 Å². The first-order valence-corrected chi connectivity index (χ1v) is 14.7. The summed E-state index contributed by atoms with van der Waals surface area (Å²) >= 11 is 12.2. The van der Waals surface area contributed by atoms with Crippen LogP contribution in [0.1, 0.15) is 55.4 Å². The van der Waals surface area contributed by atoms with Crippen molar-refractivity contribution in [3.63, 3.8) is 0 Å². The molecule has 6 heteroatoms. The zero-order valence-electron chi connectivity index (χ0n) is 16.3. The van der Waals surface area contributed by atoms with Crippen molar-refractivity contribution in [2.45, 2.75) is 78.0 Å². The van der Waals surface area contributed by atoms with Crippen LogP contribution in [0.25, 0.3) is 0 Å². The molecule has 138 valence electrons. The van der Waals surface area contributed by atoms with Crippen LogP contribution >= 0.6 is 12.4 Å². The third kappa shape index (κ3) is 4.85. The SMILES string of the molecule is CC(C)P(=S)(Nc1ccccc1NP(=S)(C(C)C)C(C)C)C(C)C. The average molecular weight is 405 g/mol. The molecule has 0 saturated carbocycles. The minimum Gasteiger partial charge on any atom is -0.355 e. The Bertz CT molecular complexity index is 561. The topological polar surface area (TPSA) is 24.1 Å². The second-order valence-electron chi connectivity index (χ2n) is 7.56. The van der Waals surface area contributed by atoms with Crippen molar-refractivity contribution < 1.29 is 0 Å². The molecule has 0 aromatic heterocycles. The summed E-state index contributed by atoms with van der Waals surface area (Å²) in [6.07, 6.45) is -3.41. The molecule has 2 nitrogen and oxygen atoms in total. The van der Waals surface area contributed by atoms with Gasteiger partial charge in [-0.25, -0.2) is 0 Å². The van der Waals surface area contributed by atoms with Crippen molar-refractivity contribution >= 4 is 47.4 Å². The standard InChI is InChI=1S/C18H34N2P2S2/c1-13(2)21(23,14(3)4)19-17-11-9-10-12-18(17)20-22(24,15(5)6)16(7)8/h9-16H,1-8H3,(H,19,23)(H,20,24). The van der Waals surface area contributed by atoms with Crippen molar-refractivity contribution in [3.8, 4) is 0 Å². The molecule has 0 spiro atoms. The maximum absolute atomic E-state index is 6.09. The monoisotopic (exact) mass is 404 g/mol. The van der Waals surface area contributed by atoms with Crippen LogP contribution in [0.3, 0.4) is 0 Å². The largest absolute Gasteiger partial charge is 0.355 e. The summed E-state index contributed by atoms with van der Waals surface area (Å²) in [4.78, 5) is 0. The molecular weight excluding hydrogens is 370 g/mol. The Hall–Kier alpha value is 0.120. The van der Waals surface area contributed by atoms with E-state index in [0.29, 0.717) is 22.6 Å². The highest BCUT2D eigenvalue weighted by atomic mass is 32.4. The van der Waals surface area contributed by atoms with Crippen LogP contribution in [0.2, 0.25) is 0 Å². The highest BCUT2D eigenvalue weighted by molar-refractivity contribution is 8.16. The van der Waals surface area contributed by atoms with Crippen LogP contribution in [0.15, 0.2) is 24.3 Å². The molecule has 0 heterocycles. The number of hydrogen-bond donors (Lipinski definition) is 2. The third-order valence-corrected chi connectivity index (χ3v) is 17.5. The van der Waals surface area contributed by atoms with Crippen LogP contribution in [0, 0.1) is 0 Å². The van der Waals surface area contributed by atoms with Gasteiger partial charge in [-0.1, -0.05) is 91.1 Å². The normalized spacial score (nSPS) is 13.2. The summed E-state index contributed by atoms with van der Waals surface area (Å²) in [5.41, 5.74) is 4.05. The Morgan fingerprint density at radius 2 is 0.875 bits per heavy atom. The van der Waals surface area contributed by atoms with Crippen molar-refractivity contribution in [2.75, 3.05) is 10.2 Å². The third-order valence-electron chi connectivity index (χ3n) is 4.59. The molecule has 1 rings (SSSR count). The van der Waals surface area contributed by atoms with E-state index in [0.717, 1.165) is 11.4 Å². The molecule has 0 aliphatic rings. The van der Waals surface area contributed by atoms with Crippen LogP contribution in [0.4, 0.5) is 11.4 Å². The first-order chi connectivity index (χ1) is 10.9. The zero-order valence-corrected chi connectivity index (χ0v) is 19.8. The van der Waals surface area contributed by atoms with Gasteiger partial charge >= 0.3 is 0 Å². The average Bonchev–Trinajstić information content (AvgIpc) is 2.48. The van der Waals surface area contributed by atoms with E-state index in [-0.39, 0.29) is 0 Å². The van der Waals surface area contributed by atoms with Crippen LogP contribution in [-0.2, 0) is 23.6 Å². The zero-order chi connectivity index (χ0) is 18.7. The molecule has 24 heavy (non-hydrogen) atoms. The fourth-order valence-electron chi connectivity index (χ4n) is 2.76. The van der Waals surface area contributed by atoms with Crippen LogP contribution in [0.5, 0.6) is 0 Å². The van der Waals surface area contributed by atoms with E-state index in [2.05, 4.69) is 89.8 Å². The lowest BCUT2D eigenvalue weighted by atomic mass is 10.3. The first-order valence-electron chi connectivity index (χ1n) is 8.79. The minimum absolute atomic E-state index is 0.457. The van der Waals surface area contributed by atoms with Gasteiger partial charge in [0.25, 0.3) is 0 Å². The molecule has 0 aliphatic heterocycles. The van der Waals surface area contributed by atoms with Crippen molar-refractivity contribution in [1.29, 1.82) is 0 Å². The smallest absolute Gasteiger partial charge is 0.0616 e. The highest BCUT2D eigenvalue weighted by Gasteiger charge is 2.29. The molecule has 0 atom stereocenters. The van der Waals surface area contributed by atoms with Crippen molar-refractivity contribution in [1.82, 2.24) is 0 Å². The van der Waals surface area contributed by atoms with Gasteiger partial charge in [-0.05, 0) is 34.8 Å². The maximum Gasteiger partial charge on any atom is 0.0616 e. The lowest BCUT2D eigenvalue weighted by Crippen LogP contribution is -2.18. The van der Waals surface area contributed by atoms with Gasteiger partial charge in [0.2, 0.25) is 0 Å². The summed E-state index contributed by atoms with van der Waals surface area (Å²) < 4.78 is 0. The molecule has 0 bridgehead atoms. The Balaban J connectivity index is 3.27. The lowest BCUT2D eigenvalue weighted by molar-refractivity contribution is 1.01. The van der Waals surface area contributed by atoms with Crippen molar-refractivity contribution in [2.24, 2.45) is 0 Å². The fraction of sp³-hybridized carbons (Fsp3) is 0.667. The molecule has 0 saturated heterocycles. The lowest BCUT2D eigenvalue weighted by Gasteiger charge is -2.36. The second kappa shape index (κ2) is 8.67. The van der Waals surface area contributed by atoms with Crippen molar-refractivity contribution in [3.05, 3.63) is 24.3 Å². The summed E-state index contributed by atoms with van der Waals surface area (Å²) in [6.45, 7) is 17.9. The van der Waals surface area contributed by atoms with Gasteiger partial charge in [0.15, 0.2) is 0 Å². The molecule has 1 aromatic carbocycles. The molecule has 0 amide bonds. The highest BCUT2D eigenvalue weighted by Crippen LogP contribution is 2.58. The summed E-state index contributed by atoms with van der Waals surface area (Å²) in [5.74, 6) is 0. The predicted octanol–water partition coefficient (Wildman–Crippen LogP) is 6.93. The van der Waals surface area contributed by atoms with Gasteiger partial charge in [-0.15, -0.1) is 0 Å². The Labute approximate surface area is 159 Å². The van der Waals surface area contributed by atoms with Crippen LogP contribution < -0.4 is 10.2 Å². The number of anilines is 2. The first kappa shape index (κ1) is 22.2. The van der Waals surface area contributed by atoms with Gasteiger partial charge in [-0.3, -0.25) is 0 Å². The van der Waals surface area contributed by atoms with E-state index in [1.54, 1.807) is 0 Å². The Kier molecular flexibility index (Phi) is 8.01. The molecule has 0 radical (unpaired) electrons. The minimum atomic E-state index is -1.70. The maximum atomic E-state index is 6.09. The quantitative estimate of drug-likeness (QED) is 0.459. The number of rotatable bonds is 8. The molecule has 0 aliphatic carbocycles. The van der Waals surface area contributed by atoms with Gasteiger partial charge in [0.05, 0.1) is 11.4 Å². The van der Waals surface area contributed by atoms with Gasteiger partial charge in [0.1, 0.15) is 0 Å². The van der Waals surface area contributed by atoms with E-state index < -0.39 is 12.4 Å². The van der Waals surface area contributed by atoms with Gasteiger partial charge in [-0.2, -0.15) is 0 Å². The Morgan fingerprint density at radius 1 is 0.625 bits per heavy atom. The number of benzene rings is 1. The van der Waals surface area contributed by atoms with E-state index in [4.69, 9.17) is 23.6 Å². The molecule has 0 unspecified atom stereocenters. The predicted molar refractivity (Wildman–Crippen MR) is 123 cm³/mol. The fourth-order valence-corrected chi connectivity index (χ4v) is 7.91. The molecule has 1 aromatic rings. The van der Waals surface area contributed by atoms with E-state index in [1.165, 1.54) is 0 Å². The second-order valence-corrected chi connectivity index (χ2v) is 18.6. The van der Waals surface area contributed by atoms with Gasteiger partial charge < -0.3 is 10.2 Å². The number of para-hydroxylation sites is 2. The number of hydrogen-bond acceptors (Lipinski definition) is 2. The van der Waals surface area contributed by atoms with E-state index >= 15 is 0 Å². The summed E-state index contributed by atoms with van der Waals surface area (Å²) in [6, 6.07) is 8.41. The Morgan fingerprint density at radius 3 is 1.08 bits per heavy atom. The van der Waals surface area contributed by atoms with Crippen LogP contribution in [-0.4, -0.2) is 22.6 Å². The van der Waals surface area contributed by atoms with E-state index in [1.807, 2.05) is 0 Å². The number of nitrogens with one attached hydrogen (secondary N) is 2. The molecule has 0 fully saturated rings. The van der Waals surface area contributed by atoms with E-state index in [9.17, 15) is 0 Å². The molecular formula is C18H34N2P2S2. The summed E-state index contributed by atoms with van der Waals surface area (Å²) in [5, 5.41) is 7.52. The summed E-state index contributed by atoms with van der Waals surface area (Å²) in [7, 11) is 0. The molecule has 2 N–H and O–H groups in total.